The van der Waals surface area contributed by atoms with Gasteiger partial charge in [-0.25, -0.2) is 8.78 Å². The minimum atomic E-state index is -3.02. The molecule has 4 fully saturated rings. The van der Waals surface area contributed by atoms with Crippen LogP contribution in [-0.4, -0.2) is 27.8 Å². The van der Waals surface area contributed by atoms with Crippen LogP contribution in [0.4, 0.5) is 8.78 Å². The lowest BCUT2D eigenvalue weighted by atomic mass is 9.44. The molecule has 168 valence electrons. The third kappa shape index (κ3) is 3.49. The number of rotatable bonds is 4. The van der Waals surface area contributed by atoms with Gasteiger partial charge in [-0.1, -0.05) is 13.8 Å². The Morgan fingerprint density at radius 2 is 1.55 bits per heavy atom. The second-order valence-electron chi connectivity index (χ2n) is 12.2. The molecule has 4 heteroatoms. The lowest BCUT2D eigenvalue weighted by Gasteiger charge is -2.61. The molecule has 0 aromatic carbocycles. The van der Waals surface area contributed by atoms with Crippen LogP contribution in [0.2, 0.25) is 0 Å². The molecule has 0 aromatic rings. The van der Waals surface area contributed by atoms with E-state index >= 15 is 0 Å². The number of aliphatic hydroxyl groups is 2. The standard InChI is InChI=1S/C25H42F2O2/c1-22(2,29)25(26,27)14-9-16-6-8-20-19-7-5-17-15-18(28)10-12-24(17,4)21(19)11-13-23(16,20)3/h16-21,28-29H,5-15H2,1-4H3/t16-,17?,18?,19?,20?,21?,23?,24?/m1/s1. The number of fused-ring (bicyclic) bond motifs is 5. The van der Waals surface area contributed by atoms with Gasteiger partial charge in [0, 0.05) is 6.42 Å². The lowest BCUT2D eigenvalue weighted by Crippen LogP contribution is -2.54. The van der Waals surface area contributed by atoms with E-state index in [9.17, 15) is 19.0 Å². The molecule has 0 saturated heterocycles. The average molecular weight is 413 g/mol. The van der Waals surface area contributed by atoms with Gasteiger partial charge in [0.15, 0.2) is 0 Å². The summed E-state index contributed by atoms with van der Waals surface area (Å²) in [5, 5.41) is 20.0. The molecule has 0 spiro atoms. The van der Waals surface area contributed by atoms with Crippen LogP contribution in [0, 0.1) is 40.4 Å². The minimum Gasteiger partial charge on any atom is -0.393 e. The van der Waals surface area contributed by atoms with E-state index in [1.54, 1.807) is 0 Å². The maximum atomic E-state index is 14.4. The summed E-state index contributed by atoms with van der Waals surface area (Å²) >= 11 is 0. The normalized spacial score (nSPS) is 48.0. The van der Waals surface area contributed by atoms with Crippen molar-refractivity contribution in [3.05, 3.63) is 0 Å². The molecule has 4 rings (SSSR count). The molecule has 2 nitrogen and oxygen atoms in total. The predicted octanol–water partition coefficient (Wildman–Crippen LogP) is 6.19. The van der Waals surface area contributed by atoms with Gasteiger partial charge in [0.25, 0.3) is 5.92 Å². The Morgan fingerprint density at radius 3 is 2.24 bits per heavy atom. The van der Waals surface area contributed by atoms with E-state index in [0.717, 1.165) is 37.5 Å². The van der Waals surface area contributed by atoms with E-state index < -0.39 is 11.5 Å². The molecule has 0 heterocycles. The molecule has 7 unspecified atom stereocenters. The zero-order valence-corrected chi connectivity index (χ0v) is 18.9. The van der Waals surface area contributed by atoms with Crippen LogP contribution in [0.1, 0.15) is 98.3 Å². The van der Waals surface area contributed by atoms with Crippen LogP contribution in [0.25, 0.3) is 0 Å². The molecule has 0 radical (unpaired) electrons. The Kier molecular flexibility index (Phi) is 5.42. The molecule has 29 heavy (non-hydrogen) atoms. The van der Waals surface area contributed by atoms with Gasteiger partial charge in [0.1, 0.15) is 5.60 Å². The van der Waals surface area contributed by atoms with Crippen LogP contribution in [-0.2, 0) is 0 Å². The average Bonchev–Trinajstić information content (AvgIpc) is 2.96. The summed E-state index contributed by atoms with van der Waals surface area (Å²) < 4.78 is 28.8. The fraction of sp³-hybridized carbons (Fsp3) is 1.00. The highest BCUT2D eigenvalue weighted by molar-refractivity contribution is 5.09. The summed E-state index contributed by atoms with van der Waals surface area (Å²) in [6.45, 7) is 7.36. The van der Waals surface area contributed by atoms with Gasteiger partial charge < -0.3 is 10.2 Å². The Hall–Kier alpha value is -0.220. The Bertz CT molecular complexity index is 614. The molecule has 4 aliphatic rings. The van der Waals surface area contributed by atoms with Gasteiger partial charge >= 0.3 is 0 Å². The first kappa shape index (κ1) is 22.0. The summed E-state index contributed by atoms with van der Waals surface area (Å²) in [6, 6.07) is 0. The quantitative estimate of drug-likeness (QED) is 0.578. The van der Waals surface area contributed by atoms with Crippen molar-refractivity contribution in [1.29, 1.82) is 0 Å². The van der Waals surface area contributed by atoms with Crippen LogP contribution in [0.5, 0.6) is 0 Å². The lowest BCUT2D eigenvalue weighted by molar-refractivity contribution is -0.170. The smallest absolute Gasteiger partial charge is 0.275 e. The zero-order valence-electron chi connectivity index (χ0n) is 18.9. The zero-order chi connectivity index (χ0) is 21.2. The van der Waals surface area contributed by atoms with Crippen molar-refractivity contribution in [3.8, 4) is 0 Å². The first-order valence-electron chi connectivity index (χ1n) is 12.2. The predicted molar refractivity (Wildman–Crippen MR) is 112 cm³/mol. The van der Waals surface area contributed by atoms with Gasteiger partial charge in [0.2, 0.25) is 0 Å². The van der Waals surface area contributed by atoms with Crippen molar-refractivity contribution >= 4 is 0 Å². The highest BCUT2D eigenvalue weighted by atomic mass is 19.3. The Labute approximate surface area is 175 Å². The van der Waals surface area contributed by atoms with Crippen LogP contribution in [0.3, 0.4) is 0 Å². The van der Waals surface area contributed by atoms with E-state index in [1.165, 1.54) is 46.0 Å². The second-order valence-corrected chi connectivity index (χ2v) is 12.2. The van der Waals surface area contributed by atoms with E-state index in [0.29, 0.717) is 29.6 Å². The molecule has 0 bridgehead atoms. The minimum absolute atomic E-state index is 0.105. The third-order valence-corrected chi connectivity index (χ3v) is 10.5. The molecule has 0 aromatic heterocycles. The molecule has 4 aliphatic carbocycles. The van der Waals surface area contributed by atoms with Gasteiger partial charge in [-0.05, 0) is 118 Å². The van der Waals surface area contributed by atoms with Crippen LogP contribution in [0.15, 0.2) is 0 Å². The molecular weight excluding hydrogens is 370 g/mol. The summed E-state index contributed by atoms with van der Waals surface area (Å²) in [4.78, 5) is 0. The Balaban J connectivity index is 1.48. The van der Waals surface area contributed by atoms with E-state index in [4.69, 9.17) is 0 Å². The van der Waals surface area contributed by atoms with E-state index in [2.05, 4.69) is 13.8 Å². The van der Waals surface area contributed by atoms with Crippen molar-refractivity contribution in [1.82, 2.24) is 0 Å². The van der Waals surface area contributed by atoms with Crippen molar-refractivity contribution < 1.29 is 19.0 Å². The number of hydrogen-bond donors (Lipinski definition) is 2. The van der Waals surface area contributed by atoms with Gasteiger partial charge in [0.05, 0.1) is 6.10 Å². The molecule has 8 atom stereocenters. The molecule has 0 amide bonds. The number of hydrogen-bond acceptors (Lipinski definition) is 2. The second kappa shape index (κ2) is 7.15. The Morgan fingerprint density at radius 1 is 0.897 bits per heavy atom. The fourth-order valence-corrected chi connectivity index (χ4v) is 8.48. The van der Waals surface area contributed by atoms with Crippen LogP contribution < -0.4 is 0 Å². The monoisotopic (exact) mass is 412 g/mol. The summed E-state index contributed by atoms with van der Waals surface area (Å²) in [5.74, 6) is 0.174. The highest BCUT2D eigenvalue weighted by Crippen LogP contribution is 2.68. The van der Waals surface area contributed by atoms with E-state index in [1.807, 2.05) is 0 Å². The van der Waals surface area contributed by atoms with Crippen molar-refractivity contribution in [3.63, 3.8) is 0 Å². The summed E-state index contributed by atoms with van der Waals surface area (Å²) in [6.07, 6.45) is 10.5. The van der Waals surface area contributed by atoms with Crippen molar-refractivity contribution in [2.45, 2.75) is 116 Å². The maximum Gasteiger partial charge on any atom is 0.275 e. The maximum absolute atomic E-state index is 14.4. The first-order chi connectivity index (χ1) is 13.4. The van der Waals surface area contributed by atoms with Crippen molar-refractivity contribution in [2.75, 3.05) is 0 Å². The molecule has 2 N–H and O–H groups in total. The molecule has 0 aliphatic heterocycles. The van der Waals surface area contributed by atoms with Crippen LogP contribution >= 0.6 is 0 Å². The molecule has 4 saturated carbocycles. The summed E-state index contributed by atoms with van der Waals surface area (Å²) in [7, 11) is 0. The van der Waals surface area contributed by atoms with E-state index in [-0.39, 0.29) is 17.9 Å². The fourth-order valence-electron chi connectivity index (χ4n) is 8.48. The van der Waals surface area contributed by atoms with Gasteiger partial charge in [-0.2, -0.15) is 0 Å². The number of halogens is 2. The third-order valence-electron chi connectivity index (χ3n) is 10.5. The molecular formula is C25H42F2O2. The summed E-state index contributed by atoms with van der Waals surface area (Å²) in [5.41, 5.74) is -1.38. The highest BCUT2D eigenvalue weighted by Gasteiger charge is 2.60. The largest absolute Gasteiger partial charge is 0.393 e. The SMILES string of the molecule is CC12CCC(O)CC1CCC1C2CCC2(C)C1CC[C@@H]2CCC(F)(F)C(C)(C)O. The van der Waals surface area contributed by atoms with Gasteiger partial charge in [-0.3, -0.25) is 0 Å². The topological polar surface area (TPSA) is 40.5 Å². The first-order valence-corrected chi connectivity index (χ1v) is 12.2. The van der Waals surface area contributed by atoms with Gasteiger partial charge in [-0.15, -0.1) is 0 Å². The number of aliphatic hydroxyl groups excluding tert-OH is 1. The van der Waals surface area contributed by atoms with Crippen molar-refractivity contribution in [2.24, 2.45) is 40.4 Å². The number of alkyl halides is 2.